The Morgan fingerprint density at radius 1 is 1.06 bits per heavy atom. The van der Waals surface area contributed by atoms with Crippen LogP contribution in [0, 0.1) is 11.9 Å². The fourth-order valence-corrected chi connectivity index (χ4v) is 5.08. The van der Waals surface area contributed by atoms with Gasteiger partial charge in [0.05, 0.1) is 17.5 Å². The van der Waals surface area contributed by atoms with Gasteiger partial charge in [-0.3, -0.25) is 14.5 Å². The molecule has 4 aromatic rings. The van der Waals surface area contributed by atoms with Gasteiger partial charge < -0.3 is 4.98 Å². The molecule has 2 fully saturated rings. The normalized spacial score (nSPS) is 18.7. The van der Waals surface area contributed by atoms with Crippen molar-refractivity contribution in [1.82, 2.24) is 34.5 Å². The second-order valence-corrected chi connectivity index (χ2v) is 9.42. The molecule has 3 aromatic heterocycles. The number of likely N-dealkylation sites (tertiary alicyclic amines) is 2. The summed E-state index contributed by atoms with van der Waals surface area (Å²) in [6, 6.07) is 6.40. The van der Waals surface area contributed by atoms with Crippen molar-refractivity contribution in [2.24, 2.45) is 0 Å². The number of nitrogens with one attached hydrogen (secondary N) is 1. The molecule has 2 saturated heterocycles. The third-order valence-corrected chi connectivity index (χ3v) is 7.15. The Hall–Kier alpha value is -3.31. The van der Waals surface area contributed by atoms with Gasteiger partial charge in [0.15, 0.2) is 0 Å². The Bertz CT molecular complexity index is 1360. The second kappa shape index (κ2) is 8.97. The molecule has 0 unspecified atom stereocenters. The Labute approximate surface area is 204 Å². The van der Waals surface area contributed by atoms with Gasteiger partial charge in [-0.05, 0) is 44.1 Å². The molecule has 0 atom stereocenters. The zero-order valence-corrected chi connectivity index (χ0v) is 19.3. The minimum absolute atomic E-state index is 0.302. The van der Waals surface area contributed by atoms with E-state index in [2.05, 4.69) is 29.9 Å². The van der Waals surface area contributed by atoms with Gasteiger partial charge in [0.1, 0.15) is 23.8 Å². The summed E-state index contributed by atoms with van der Waals surface area (Å²) in [5.74, 6) is -0.799. The highest BCUT2D eigenvalue weighted by atomic mass is 19.4. The van der Waals surface area contributed by atoms with Crippen molar-refractivity contribution in [3.8, 4) is 11.3 Å². The lowest BCUT2D eigenvalue weighted by Gasteiger charge is -2.46. The van der Waals surface area contributed by atoms with E-state index in [0.717, 1.165) is 67.4 Å². The van der Waals surface area contributed by atoms with Crippen LogP contribution in [-0.4, -0.2) is 66.8 Å². The van der Waals surface area contributed by atoms with Crippen LogP contribution in [0.15, 0.2) is 49.2 Å². The molecule has 36 heavy (non-hydrogen) atoms. The van der Waals surface area contributed by atoms with Gasteiger partial charge in [0.2, 0.25) is 0 Å². The lowest BCUT2D eigenvalue weighted by atomic mass is 9.97. The van der Waals surface area contributed by atoms with Crippen molar-refractivity contribution in [2.75, 3.05) is 26.2 Å². The van der Waals surface area contributed by atoms with Gasteiger partial charge >= 0.3 is 6.18 Å². The zero-order chi connectivity index (χ0) is 24.9. The third-order valence-electron chi connectivity index (χ3n) is 7.15. The Morgan fingerprint density at radius 2 is 1.86 bits per heavy atom. The summed E-state index contributed by atoms with van der Waals surface area (Å²) in [5.41, 5.74) is 1.93. The first kappa shape index (κ1) is 23.1. The Balaban J connectivity index is 1.01. The predicted octanol–water partition coefficient (Wildman–Crippen LogP) is 4.34. The minimum atomic E-state index is -4.53. The van der Waals surface area contributed by atoms with Crippen LogP contribution in [0.4, 0.5) is 17.6 Å². The topological polar surface area (TPSA) is 65.9 Å². The number of fused-ring (bicyclic) bond motifs is 1. The molecule has 0 bridgehead atoms. The summed E-state index contributed by atoms with van der Waals surface area (Å²) >= 11 is 0. The zero-order valence-electron chi connectivity index (χ0n) is 19.3. The van der Waals surface area contributed by atoms with Gasteiger partial charge in [0.25, 0.3) is 0 Å². The molecular weight excluding hydrogens is 474 g/mol. The number of nitrogens with zero attached hydrogens (tertiary/aromatic N) is 6. The lowest BCUT2D eigenvalue weighted by Crippen LogP contribution is -2.56. The molecule has 0 amide bonds. The van der Waals surface area contributed by atoms with E-state index in [4.69, 9.17) is 0 Å². The van der Waals surface area contributed by atoms with Crippen molar-refractivity contribution in [3.05, 3.63) is 72.2 Å². The lowest BCUT2D eigenvalue weighted by molar-refractivity contribution is -0.137. The molecule has 11 heteroatoms. The quantitative estimate of drug-likeness (QED) is 0.415. The van der Waals surface area contributed by atoms with E-state index in [1.54, 1.807) is 6.33 Å². The number of rotatable bonds is 5. The number of piperidine rings is 1. The van der Waals surface area contributed by atoms with Crippen molar-refractivity contribution in [1.29, 1.82) is 0 Å². The standard InChI is InChI=1S/C25H24F4N7/c26-22-9-18(25(27,28)29)2-1-16(22)11-34-7-4-19(5-8-34)35-13-20(14-35)36-12-17(10-33-36)23-21-3-6-30-24(21)32-15-31-23/h1-3,6,9-10,12,15,19H,4-5,7-8,11,13-14H2,(H,30,31,32). The fourth-order valence-electron chi connectivity index (χ4n) is 5.08. The first-order valence-corrected chi connectivity index (χ1v) is 11.9. The Kier molecular flexibility index (Phi) is 5.76. The van der Waals surface area contributed by atoms with Gasteiger partial charge in [-0.15, -0.1) is 0 Å². The largest absolute Gasteiger partial charge is 0.416 e. The van der Waals surface area contributed by atoms with Crippen molar-refractivity contribution in [2.45, 2.75) is 31.6 Å². The molecular formula is C25H24F4N7. The summed E-state index contributed by atoms with van der Waals surface area (Å²) < 4.78 is 54.5. The molecule has 0 spiro atoms. The molecule has 2 aliphatic heterocycles. The van der Waals surface area contributed by atoms with Crippen LogP contribution in [0.1, 0.15) is 24.0 Å². The van der Waals surface area contributed by atoms with Crippen LogP contribution in [0.3, 0.4) is 0 Å². The van der Waals surface area contributed by atoms with E-state index >= 15 is 0 Å². The van der Waals surface area contributed by atoms with E-state index in [9.17, 15) is 17.6 Å². The molecule has 7 nitrogen and oxygen atoms in total. The fraction of sp³-hybridized carbons (Fsp3) is 0.360. The number of aromatic nitrogens is 5. The number of halogens is 4. The van der Waals surface area contributed by atoms with E-state index in [-0.39, 0.29) is 0 Å². The highest BCUT2D eigenvalue weighted by molar-refractivity contribution is 5.90. The first-order valence-electron chi connectivity index (χ1n) is 11.9. The van der Waals surface area contributed by atoms with Crippen LogP contribution in [-0.2, 0) is 12.7 Å². The molecule has 1 radical (unpaired) electrons. The van der Waals surface area contributed by atoms with Crippen LogP contribution in [0.2, 0.25) is 0 Å². The molecule has 2 aliphatic rings. The van der Waals surface area contributed by atoms with E-state index < -0.39 is 17.6 Å². The highest BCUT2D eigenvalue weighted by Gasteiger charge is 2.36. The summed E-state index contributed by atoms with van der Waals surface area (Å²) in [6.07, 6.45) is 4.55. The number of hydrogen-bond acceptors (Lipinski definition) is 5. The third kappa shape index (κ3) is 4.37. The molecule has 1 N–H and O–H groups in total. The van der Waals surface area contributed by atoms with Crippen molar-refractivity contribution < 1.29 is 17.6 Å². The van der Waals surface area contributed by atoms with Crippen molar-refractivity contribution >= 4 is 11.0 Å². The van der Waals surface area contributed by atoms with Crippen LogP contribution < -0.4 is 0 Å². The second-order valence-electron chi connectivity index (χ2n) is 9.42. The molecule has 5 heterocycles. The van der Waals surface area contributed by atoms with Crippen LogP contribution in [0.5, 0.6) is 0 Å². The summed E-state index contributed by atoms with van der Waals surface area (Å²) in [4.78, 5) is 16.3. The average molecular weight is 499 g/mol. The maximum absolute atomic E-state index is 14.2. The molecule has 1 aromatic carbocycles. The average Bonchev–Trinajstić information content (AvgIpc) is 3.50. The smallest absolute Gasteiger partial charge is 0.346 e. The first-order chi connectivity index (χ1) is 17.3. The number of aromatic amines is 1. The van der Waals surface area contributed by atoms with E-state index in [1.165, 1.54) is 12.1 Å². The monoisotopic (exact) mass is 498 g/mol. The van der Waals surface area contributed by atoms with Crippen molar-refractivity contribution in [3.63, 3.8) is 0 Å². The molecule has 0 aliphatic carbocycles. The maximum Gasteiger partial charge on any atom is 0.416 e. The molecule has 6 rings (SSSR count). The number of H-pyrrole nitrogens is 1. The van der Waals surface area contributed by atoms with E-state index in [1.807, 2.05) is 29.3 Å². The van der Waals surface area contributed by atoms with Gasteiger partial charge in [-0.1, -0.05) is 6.07 Å². The number of hydrogen-bond donors (Lipinski definition) is 1. The van der Waals surface area contributed by atoms with Crippen LogP contribution >= 0.6 is 0 Å². The SMILES string of the molecule is Fc1cc(C(F)(F)F)ccc1CN1CCC(N2C[C](n3cc(-c4ncnc5[nH]ccc45)cn3)C2)CC1. The molecule has 0 saturated carbocycles. The minimum Gasteiger partial charge on any atom is -0.346 e. The van der Waals surface area contributed by atoms with Gasteiger partial charge in [0, 0.05) is 54.6 Å². The number of alkyl halides is 3. The summed E-state index contributed by atoms with van der Waals surface area (Å²) in [5, 5.41) is 5.50. The van der Waals surface area contributed by atoms with Crippen LogP contribution in [0.25, 0.3) is 22.3 Å². The highest BCUT2D eigenvalue weighted by Crippen LogP contribution is 2.32. The Morgan fingerprint density at radius 3 is 2.61 bits per heavy atom. The summed E-state index contributed by atoms with van der Waals surface area (Å²) in [7, 11) is 0. The maximum atomic E-state index is 14.2. The van der Waals surface area contributed by atoms with Gasteiger partial charge in [-0.25, -0.2) is 14.4 Å². The molecule has 187 valence electrons. The number of benzene rings is 1. The predicted molar refractivity (Wildman–Crippen MR) is 125 cm³/mol. The van der Waals surface area contributed by atoms with E-state index in [0.29, 0.717) is 24.2 Å². The van der Waals surface area contributed by atoms with Gasteiger partial charge in [-0.2, -0.15) is 18.3 Å². The summed E-state index contributed by atoms with van der Waals surface area (Å²) in [6.45, 7) is 3.55.